The van der Waals surface area contributed by atoms with Crippen molar-refractivity contribution in [1.29, 1.82) is 0 Å². The minimum Gasteiger partial charge on any atom is -0.366 e. The Bertz CT molecular complexity index is 598. The summed E-state index contributed by atoms with van der Waals surface area (Å²) in [7, 11) is 0. The highest BCUT2D eigenvalue weighted by atomic mass is 16.7. The van der Waals surface area contributed by atoms with Crippen LogP contribution < -0.4 is 5.32 Å². The van der Waals surface area contributed by atoms with E-state index in [0.29, 0.717) is 50.9 Å². The molecule has 1 spiro atoms. The Morgan fingerprint density at radius 1 is 1.04 bits per heavy atom. The number of hydrogen-bond donors (Lipinski definition) is 1. The molecule has 4 rings (SSSR count). The highest BCUT2D eigenvalue weighted by Gasteiger charge is 2.41. The van der Waals surface area contributed by atoms with Crippen molar-refractivity contribution in [3.8, 4) is 0 Å². The van der Waals surface area contributed by atoms with Crippen molar-refractivity contribution in [2.75, 3.05) is 31.6 Å². The maximum atomic E-state index is 12.7. The van der Waals surface area contributed by atoms with Gasteiger partial charge in [0.1, 0.15) is 11.5 Å². The van der Waals surface area contributed by atoms with Crippen molar-refractivity contribution in [2.24, 2.45) is 0 Å². The summed E-state index contributed by atoms with van der Waals surface area (Å²) in [4.78, 5) is 23.3. The van der Waals surface area contributed by atoms with E-state index >= 15 is 0 Å². The first-order valence-electron chi connectivity index (χ1n) is 9.90. The van der Waals surface area contributed by atoms with Crippen LogP contribution in [0.15, 0.2) is 12.4 Å². The molecule has 3 fully saturated rings. The van der Waals surface area contributed by atoms with Gasteiger partial charge in [-0.2, -0.15) is 0 Å². The molecule has 0 unspecified atom stereocenters. The van der Waals surface area contributed by atoms with Crippen LogP contribution in [0.1, 0.15) is 61.9 Å². The van der Waals surface area contributed by atoms with Crippen LogP contribution in [-0.4, -0.2) is 58.9 Å². The summed E-state index contributed by atoms with van der Waals surface area (Å²) in [6.07, 6.45) is 12.3. The molecular weight excluding hydrogens is 332 g/mol. The summed E-state index contributed by atoms with van der Waals surface area (Å²) in [6.45, 7) is 2.55. The fraction of sp³-hybridized carbons (Fsp3) is 0.737. The lowest BCUT2D eigenvalue weighted by Gasteiger charge is -2.37. The van der Waals surface area contributed by atoms with Crippen molar-refractivity contribution in [3.63, 3.8) is 0 Å². The number of aromatic nitrogens is 2. The summed E-state index contributed by atoms with van der Waals surface area (Å²) in [5.41, 5.74) is 0.403. The minimum atomic E-state index is -0.463. The molecule has 1 amide bonds. The first kappa shape index (κ1) is 17.7. The Kier molecular flexibility index (Phi) is 5.36. The van der Waals surface area contributed by atoms with E-state index in [-0.39, 0.29) is 5.91 Å². The van der Waals surface area contributed by atoms with Crippen molar-refractivity contribution in [3.05, 3.63) is 18.1 Å². The van der Waals surface area contributed by atoms with Gasteiger partial charge in [-0.25, -0.2) is 9.97 Å². The number of piperidine rings is 1. The largest absolute Gasteiger partial charge is 0.366 e. The number of carbonyl (C=O) groups excluding carboxylic acids is 1. The quantitative estimate of drug-likeness (QED) is 0.835. The predicted molar refractivity (Wildman–Crippen MR) is 96.9 cm³/mol. The van der Waals surface area contributed by atoms with E-state index in [1.54, 1.807) is 12.4 Å². The van der Waals surface area contributed by atoms with Crippen LogP contribution in [0, 0.1) is 0 Å². The van der Waals surface area contributed by atoms with Gasteiger partial charge in [-0.1, -0.05) is 25.7 Å². The molecule has 3 aliphatic rings. The Balaban J connectivity index is 1.32. The third-order valence-electron chi connectivity index (χ3n) is 5.70. The van der Waals surface area contributed by atoms with Crippen LogP contribution in [0.4, 0.5) is 5.82 Å². The molecule has 1 N–H and O–H groups in total. The molecule has 26 heavy (non-hydrogen) atoms. The van der Waals surface area contributed by atoms with Gasteiger partial charge in [-0.15, -0.1) is 0 Å². The number of rotatable bonds is 3. The van der Waals surface area contributed by atoms with E-state index in [0.717, 1.165) is 5.82 Å². The van der Waals surface area contributed by atoms with E-state index in [9.17, 15) is 4.79 Å². The van der Waals surface area contributed by atoms with Gasteiger partial charge in [0.15, 0.2) is 5.79 Å². The number of hydrogen-bond acceptors (Lipinski definition) is 6. The number of amides is 1. The van der Waals surface area contributed by atoms with Crippen LogP contribution in [0.25, 0.3) is 0 Å². The lowest BCUT2D eigenvalue weighted by Crippen LogP contribution is -2.47. The summed E-state index contributed by atoms with van der Waals surface area (Å²) in [5, 5.41) is 3.47. The molecular formula is C19H28N4O3. The second-order valence-corrected chi connectivity index (χ2v) is 7.52. The molecule has 1 aromatic rings. The molecule has 0 bridgehead atoms. The zero-order valence-corrected chi connectivity index (χ0v) is 15.3. The fourth-order valence-electron chi connectivity index (χ4n) is 4.14. The molecule has 2 saturated heterocycles. The number of ether oxygens (including phenoxy) is 2. The highest BCUT2D eigenvalue weighted by Crippen LogP contribution is 2.31. The van der Waals surface area contributed by atoms with Gasteiger partial charge in [0.25, 0.3) is 5.91 Å². The monoisotopic (exact) mass is 360 g/mol. The second kappa shape index (κ2) is 7.88. The van der Waals surface area contributed by atoms with Gasteiger partial charge in [0, 0.05) is 32.0 Å². The average molecular weight is 360 g/mol. The predicted octanol–water partition coefficient (Wildman–Crippen LogP) is 2.59. The van der Waals surface area contributed by atoms with Crippen molar-refractivity contribution in [1.82, 2.24) is 14.9 Å². The molecule has 0 aromatic carbocycles. The summed E-state index contributed by atoms with van der Waals surface area (Å²) >= 11 is 0. The first-order chi connectivity index (χ1) is 12.7. The normalized spacial score (nSPS) is 23.8. The third-order valence-corrected chi connectivity index (χ3v) is 5.70. The van der Waals surface area contributed by atoms with E-state index in [1.807, 2.05) is 4.90 Å². The first-order valence-corrected chi connectivity index (χ1v) is 9.90. The van der Waals surface area contributed by atoms with Gasteiger partial charge in [0.2, 0.25) is 0 Å². The maximum absolute atomic E-state index is 12.7. The van der Waals surface area contributed by atoms with Gasteiger partial charge in [-0.05, 0) is 12.8 Å². The number of nitrogens with zero attached hydrogens (tertiary/aromatic N) is 3. The molecule has 0 radical (unpaired) electrons. The molecule has 1 saturated carbocycles. The summed E-state index contributed by atoms with van der Waals surface area (Å²) in [6, 6.07) is 0.470. The molecule has 0 atom stereocenters. The smallest absolute Gasteiger partial charge is 0.274 e. The summed E-state index contributed by atoms with van der Waals surface area (Å²) < 4.78 is 11.4. The Hall–Kier alpha value is -1.73. The molecule has 2 aliphatic heterocycles. The Morgan fingerprint density at radius 3 is 2.35 bits per heavy atom. The highest BCUT2D eigenvalue weighted by molar-refractivity contribution is 5.92. The van der Waals surface area contributed by atoms with Crippen LogP contribution in [0.5, 0.6) is 0 Å². The number of nitrogens with one attached hydrogen (secondary N) is 1. The minimum absolute atomic E-state index is 0.0636. The molecule has 142 valence electrons. The van der Waals surface area contributed by atoms with E-state index in [4.69, 9.17) is 9.47 Å². The topological polar surface area (TPSA) is 76.6 Å². The number of carbonyl (C=O) groups is 1. The van der Waals surface area contributed by atoms with Gasteiger partial charge < -0.3 is 19.7 Å². The lowest BCUT2D eigenvalue weighted by molar-refractivity contribution is -0.181. The standard InChI is InChI=1S/C19H28N4O3/c24-18(23-9-7-19(8-10-23)25-11-12-26-19)16-13-21-17(14-20-16)22-15-5-3-1-2-4-6-15/h13-15H,1-12H2,(H,21,22). The lowest BCUT2D eigenvalue weighted by atomic mass is 10.0. The fourth-order valence-corrected chi connectivity index (χ4v) is 4.14. The molecule has 1 aliphatic carbocycles. The van der Waals surface area contributed by atoms with Crippen LogP contribution in [-0.2, 0) is 9.47 Å². The SMILES string of the molecule is O=C(c1cnc(NC2CCCCCC2)cn1)N1CCC2(CC1)OCCO2. The molecule has 3 heterocycles. The third kappa shape index (κ3) is 3.99. The Labute approximate surface area is 154 Å². The van der Waals surface area contributed by atoms with Gasteiger partial charge in [0.05, 0.1) is 25.6 Å². The van der Waals surface area contributed by atoms with Gasteiger partial charge >= 0.3 is 0 Å². The average Bonchev–Trinajstić information content (AvgIpc) is 2.97. The van der Waals surface area contributed by atoms with E-state index in [2.05, 4.69) is 15.3 Å². The molecule has 1 aromatic heterocycles. The molecule has 7 nitrogen and oxygen atoms in total. The maximum Gasteiger partial charge on any atom is 0.274 e. The zero-order chi connectivity index (χ0) is 17.8. The number of likely N-dealkylation sites (tertiary alicyclic amines) is 1. The van der Waals surface area contributed by atoms with Crippen molar-refractivity contribution < 1.29 is 14.3 Å². The Morgan fingerprint density at radius 2 is 1.73 bits per heavy atom. The van der Waals surface area contributed by atoms with Crippen LogP contribution in [0.3, 0.4) is 0 Å². The second-order valence-electron chi connectivity index (χ2n) is 7.52. The van der Waals surface area contributed by atoms with Crippen LogP contribution >= 0.6 is 0 Å². The van der Waals surface area contributed by atoms with Crippen molar-refractivity contribution >= 4 is 11.7 Å². The van der Waals surface area contributed by atoms with Crippen molar-refractivity contribution in [2.45, 2.75) is 63.2 Å². The number of anilines is 1. The van der Waals surface area contributed by atoms with E-state index < -0.39 is 5.79 Å². The van der Waals surface area contributed by atoms with E-state index in [1.165, 1.54) is 38.5 Å². The molecule has 7 heteroatoms. The van der Waals surface area contributed by atoms with Gasteiger partial charge in [-0.3, -0.25) is 4.79 Å². The van der Waals surface area contributed by atoms with Crippen LogP contribution in [0.2, 0.25) is 0 Å². The summed E-state index contributed by atoms with van der Waals surface area (Å²) in [5.74, 6) is 0.236. The zero-order valence-electron chi connectivity index (χ0n) is 15.3.